The van der Waals surface area contributed by atoms with Crippen molar-refractivity contribution < 1.29 is 125 Å². The molecule has 0 N–H and O–H groups in total. The molecular formula is C36H54F22N2O6. The molecule has 0 rings (SSSR count). The van der Waals surface area contributed by atoms with E-state index < -0.39 is 135 Å². The number of nitrogens with zero attached hydrogens (tertiary/aromatic N) is 2. The van der Waals surface area contributed by atoms with Gasteiger partial charge in [0, 0.05) is 40.4 Å². The molecule has 0 aromatic rings. The van der Waals surface area contributed by atoms with E-state index in [0.717, 1.165) is 0 Å². The van der Waals surface area contributed by atoms with Crippen LogP contribution in [0.3, 0.4) is 0 Å². The van der Waals surface area contributed by atoms with Crippen molar-refractivity contribution in [3.63, 3.8) is 0 Å². The molecule has 0 fully saturated rings. The van der Waals surface area contributed by atoms with Gasteiger partial charge in [0.2, 0.25) is 0 Å². The lowest BCUT2D eigenvalue weighted by molar-refractivity contribution is -0.484. The summed E-state index contributed by atoms with van der Waals surface area (Å²) in [6.45, 7) is -0.607. The van der Waals surface area contributed by atoms with Crippen LogP contribution in [0.2, 0.25) is 0 Å². The maximum Gasteiger partial charge on any atom is 0.462 e. The average molecular weight is 1030 g/mol. The van der Waals surface area contributed by atoms with Crippen LogP contribution in [0, 0.1) is 0 Å². The summed E-state index contributed by atoms with van der Waals surface area (Å²) in [4.78, 5) is -0.191. The number of hydrogen-bond acceptors (Lipinski definition) is 8. The first kappa shape index (κ1) is 64.1. The van der Waals surface area contributed by atoms with Crippen molar-refractivity contribution in [2.45, 2.75) is 164 Å². The Bertz CT molecular complexity index is 1380. The minimum Gasteiger partial charge on any atom is -0.379 e. The molecule has 0 aliphatic heterocycles. The number of rotatable bonds is 29. The zero-order valence-corrected chi connectivity index (χ0v) is 37.1. The summed E-state index contributed by atoms with van der Waals surface area (Å²) in [5, 5.41) is 0. The largest absolute Gasteiger partial charge is 0.462 e. The first-order chi connectivity index (χ1) is 28.8. The van der Waals surface area contributed by atoms with Gasteiger partial charge in [-0.05, 0) is 81.1 Å². The Labute approximate surface area is 365 Å². The van der Waals surface area contributed by atoms with Crippen molar-refractivity contribution in [3.05, 3.63) is 0 Å². The van der Waals surface area contributed by atoms with E-state index in [1.54, 1.807) is 27.7 Å². The van der Waals surface area contributed by atoms with Gasteiger partial charge in [0.05, 0.1) is 48.7 Å². The summed E-state index contributed by atoms with van der Waals surface area (Å²) >= 11 is 0. The van der Waals surface area contributed by atoms with Crippen LogP contribution in [-0.2, 0) is 28.4 Å². The molecule has 0 aromatic carbocycles. The summed E-state index contributed by atoms with van der Waals surface area (Å²) in [6.07, 6.45) is -44.6. The lowest BCUT2D eigenvalue weighted by Crippen LogP contribution is -2.63. The van der Waals surface area contributed by atoms with Gasteiger partial charge in [0.25, 0.3) is 0 Å². The quantitative estimate of drug-likeness (QED) is 0.0687. The van der Waals surface area contributed by atoms with Crippen LogP contribution in [0.1, 0.15) is 81.1 Å². The van der Waals surface area contributed by atoms with Crippen molar-refractivity contribution in [2.24, 2.45) is 0 Å². The third kappa shape index (κ3) is 18.1. The molecule has 0 radical (unpaired) electrons. The average Bonchev–Trinajstić information content (AvgIpc) is 3.08. The third-order valence-electron chi connectivity index (χ3n) is 10.0. The third-order valence-corrected chi connectivity index (χ3v) is 10.0. The van der Waals surface area contributed by atoms with E-state index in [1.807, 2.05) is 0 Å². The Balaban J connectivity index is 7.50. The zero-order valence-electron chi connectivity index (χ0n) is 37.1. The van der Waals surface area contributed by atoms with Gasteiger partial charge in [-0.15, -0.1) is 0 Å². The predicted octanol–water partition coefficient (Wildman–Crippen LogP) is 11.7. The van der Waals surface area contributed by atoms with Crippen LogP contribution in [0.15, 0.2) is 0 Å². The lowest BCUT2D eigenvalue weighted by Gasteiger charge is -2.40. The van der Waals surface area contributed by atoms with E-state index in [-0.39, 0.29) is 35.9 Å². The van der Waals surface area contributed by atoms with Crippen molar-refractivity contribution in [1.29, 1.82) is 0 Å². The molecule has 2 unspecified atom stereocenters. The smallest absolute Gasteiger partial charge is 0.379 e. The van der Waals surface area contributed by atoms with Gasteiger partial charge in [-0.1, -0.05) is 0 Å². The minimum atomic E-state index is -7.52. The van der Waals surface area contributed by atoms with Gasteiger partial charge in [0.15, 0.2) is 0 Å². The van der Waals surface area contributed by atoms with Gasteiger partial charge in [0.1, 0.15) is 0 Å². The van der Waals surface area contributed by atoms with Gasteiger partial charge >= 0.3 is 60.5 Å². The summed E-state index contributed by atoms with van der Waals surface area (Å²) in [5.41, 5.74) is -4.93. The zero-order chi connectivity index (χ0) is 52.9. The maximum atomic E-state index is 15.7. The standard InChI is InChI=1S/C36H54F22N2O6/c1-23(2,61-9)13-19-63-25(5,6)11-15-59(21-27(37,31(43,44)45)65-35(55,56)29(39,40)33(49,50)51)17-18-60(16-12-26(7,8)64-20-14-24(3,4)62-10)22-28(38,32(46,47)48)66-36(57,58)30(41,42)34(52,53)54/h11-22H2,1-10H3. The van der Waals surface area contributed by atoms with E-state index in [2.05, 4.69) is 9.47 Å². The van der Waals surface area contributed by atoms with E-state index in [0.29, 0.717) is 0 Å². The first-order valence-electron chi connectivity index (χ1n) is 19.2. The SMILES string of the molecule is COC(C)(C)CCOC(C)(C)CCN(CCN(CCC(C)(C)OCCC(C)(C)OC)CC(F)(OC(F)(F)C(F)(F)C(F)(F)F)C(F)(F)F)CC(F)(OC(F)(F)C(F)(F)C(F)(F)F)C(F)(F)F. The second kappa shape index (κ2) is 21.6. The molecule has 0 aliphatic carbocycles. The van der Waals surface area contributed by atoms with Crippen molar-refractivity contribution in [2.75, 3.05) is 66.7 Å². The lowest BCUT2D eigenvalue weighted by atomic mass is 10.0. The molecule has 0 aliphatic rings. The Hall–Kier alpha value is -1.86. The Morgan fingerprint density at radius 3 is 0.803 bits per heavy atom. The first-order valence-corrected chi connectivity index (χ1v) is 19.2. The summed E-state index contributed by atoms with van der Waals surface area (Å²) in [6, 6.07) is 0. The molecule has 0 spiro atoms. The Kier molecular flexibility index (Phi) is 21.0. The molecule has 0 heterocycles. The highest BCUT2D eigenvalue weighted by Gasteiger charge is 2.79. The highest BCUT2D eigenvalue weighted by atomic mass is 19.4. The fourth-order valence-electron chi connectivity index (χ4n) is 4.97. The monoisotopic (exact) mass is 1030 g/mol. The van der Waals surface area contributed by atoms with Crippen molar-refractivity contribution in [1.82, 2.24) is 9.80 Å². The molecule has 398 valence electrons. The van der Waals surface area contributed by atoms with E-state index in [9.17, 15) is 87.8 Å². The van der Waals surface area contributed by atoms with Crippen molar-refractivity contribution in [3.8, 4) is 0 Å². The van der Waals surface area contributed by atoms with Crippen LogP contribution in [0.25, 0.3) is 0 Å². The van der Waals surface area contributed by atoms with Gasteiger partial charge < -0.3 is 18.9 Å². The molecule has 30 heteroatoms. The van der Waals surface area contributed by atoms with Crippen LogP contribution < -0.4 is 0 Å². The molecular weight excluding hydrogens is 974 g/mol. The number of ether oxygens (including phenoxy) is 6. The molecule has 0 bridgehead atoms. The Morgan fingerprint density at radius 1 is 0.333 bits per heavy atom. The molecule has 0 saturated heterocycles. The van der Waals surface area contributed by atoms with E-state index >= 15 is 8.78 Å². The topological polar surface area (TPSA) is 61.9 Å². The van der Waals surface area contributed by atoms with Crippen LogP contribution in [0.4, 0.5) is 96.6 Å². The number of methoxy groups -OCH3 is 2. The van der Waals surface area contributed by atoms with E-state index in [1.165, 1.54) is 41.9 Å². The van der Waals surface area contributed by atoms with Crippen LogP contribution in [0.5, 0.6) is 0 Å². The second-order valence-electron chi connectivity index (χ2n) is 17.5. The van der Waals surface area contributed by atoms with E-state index in [4.69, 9.17) is 18.9 Å². The number of halogens is 22. The van der Waals surface area contributed by atoms with Crippen molar-refractivity contribution >= 4 is 0 Å². The molecule has 0 amide bonds. The Morgan fingerprint density at radius 2 is 0.591 bits per heavy atom. The van der Waals surface area contributed by atoms with Crippen LogP contribution >= 0.6 is 0 Å². The van der Waals surface area contributed by atoms with Crippen LogP contribution in [-0.4, -0.2) is 159 Å². The highest BCUT2D eigenvalue weighted by Crippen LogP contribution is 2.53. The number of hydrogen-bond donors (Lipinski definition) is 0. The molecule has 0 saturated carbocycles. The predicted molar refractivity (Wildman–Crippen MR) is 187 cm³/mol. The molecule has 66 heavy (non-hydrogen) atoms. The normalized spacial score (nSPS) is 17.2. The second-order valence-corrected chi connectivity index (χ2v) is 17.5. The fraction of sp³-hybridized carbons (Fsp3) is 1.00. The summed E-state index contributed by atoms with van der Waals surface area (Å²) < 4.78 is 332. The van der Waals surface area contributed by atoms with Gasteiger partial charge in [-0.25, -0.2) is 8.78 Å². The van der Waals surface area contributed by atoms with Gasteiger partial charge in [-0.2, -0.15) is 87.8 Å². The van der Waals surface area contributed by atoms with Gasteiger partial charge in [-0.3, -0.25) is 19.3 Å². The fourth-order valence-corrected chi connectivity index (χ4v) is 4.97. The maximum absolute atomic E-state index is 15.7. The molecule has 2 atom stereocenters. The summed E-state index contributed by atoms with van der Waals surface area (Å²) in [5.74, 6) is -27.5. The molecule has 0 aromatic heterocycles. The summed E-state index contributed by atoms with van der Waals surface area (Å²) in [7, 11) is 2.59. The number of alkyl halides is 22. The molecule has 8 nitrogen and oxygen atoms in total. The minimum absolute atomic E-state index is 0.0913. The highest BCUT2D eigenvalue weighted by molar-refractivity contribution is 4.93.